The van der Waals surface area contributed by atoms with Gasteiger partial charge in [-0.3, -0.25) is 9.59 Å². The van der Waals surface area contributed by atoms with Gasteiger partial charge in [-0.25, -0.2) is 0 Å². The highest BCUT2D eigenvalue weighted by Crippen LogP contribution is 2.45. The highest BCUT2D eigenvalue weighted by Gasteiger charge is 2.50. The van der Waals surface area contributed by atoms with Crippen molar-refractivity contribution in [3.63, 3.8) is 0 Å². The van der Waals surface area contributed by atoms with Crippen LogP contribution in [-0.2, 0) is 10.3 Å². The number of rotatable bonds is 5. The largest absolute Gasteiger partial charge is 0.335 e. The van der Waals surface area contributed by atoms with Crippen LogP contribution in [0.15, 0.2) is 73.1 Å². The number of carbonyl (C=O) groups excluding carboxylic acids is 2. The molecule has 4 heteroatoms. The second-order valence-corrected chi connectivity index (χ2v) is 7.12. The van der Waals surface area contributed by atoms with Crippen LogP contribution in [0.3, 0.4) is 0 Å². The molecule has 1 aliphatic heterocycles. The zero-order valence-electron chi connectivity index (χ0n) is 15.6. The monoisotopic (exact) mass is 358 g/mol. The third-order valence-electron chi connectivity index (χ3n) is 5.47. The van der Waals surface area contributed by atoms with Crippen LogP contribution in [0.1, 0.15) is 34.3 Å². The van der Waals surface area contributed by atoms with Crippen molar-refractivity contribution in [2.75, 3.05) is 11.9 Å². The molecular weight excluding hydrogens is 336 g/mol. The van der Waals surface area contributed by atoms with Gasteiger partial charge < -0.3 is 9.47 Å². The number of fused-ring (bicyclic) bond motifs is 1. The molecule has 0 N–H and O–H groups in total. The molecule has 0 spiro atoms. The molecular formula is C23H22N2O2. The molecule has 1 aromatic heterocycles. The van der Waals surface area contributed by atoms with Crippen LogP contribution in [0.2, 0.25) is 0 Å². The minimum absolute atomic E-state index is 0.000150. The summed E-state index contributed by atoms with van der Waals surface area (Å²) in [4.78, 5) is 27.9. The molecule has 27 heavy (non-hydrogen) atoms. The lowest BCUT2D eigenvalue weighted by atomic mass is 9.84. The SMILES string of the molecule is Cc1ccc2c(c1)[C@@](CCC(=O)c1ccccc1)(n1cccc1)C(=O)N2C. The van der Waals surface area contributed by atoms with E-state index in [4.69, 9.17) is 0 Å². The van der Waals surface area contributed by atoms with Crippen LogP contribution in [-0.4, -0.2) is 23.3 Å². The van der Waals surface area contributed by atoms with E-state index in [-0.39, 0.29) is 11.7 Å². The normalized spacial score (nSPS) is 18.6. The average Bonchev–Trinajstić information content (AvgIpc) is 3.29. The van der Waals surface area contributed by atoms with E-state index in [0.717, 1.165) is 16.8 Å². The van der Waals surface area contributed by atoms with Crippen molar-refractivity contribution in [1.29, 1.82) is 0 Å². The van der Waals surface area contributed by atoms with Crippen LogP contribution >= 0.6 is 0 Å². The lowest BCUT2D eigenvalue weighted by molar-refractivity contribution is -0.124. The maximum atomic E-state index is 13.4. The molecule has 1 atom stereocenters. The fourth-order valence-corrected chi connectivity index (χ4v) is 4.05. The van der Waals surface area contributed by atoms with Crippen LogP contribution in [0.4, 0.5) is 5.69 Å². The summed E-state index contributed by atoms with van der Waals surface area (Å²) in [7, 11) is 1.81. The summed E-state index contributed by atoms with van der Waals surface area (Å²) < 4.78 is 1.95. The van der Waals surface area contributed by atoms with E-state index >= 15 is 0 Å². The third-order valence-corrected chi connectivity index (χ3v) is 5.47. The molecule has 0 bridgehead atoms. The minimum atomic E-state index is -0.885. The maximum Gasteiger partial charge on any atom is 0.257 e. The van der Waals surface area contributed by atoms with Crippen molar-refractivity contribution in [3.05, 3.63) is 89.7 Å². The smallest absolute Gasteiger partial charge is 0.257 e. The van der Waals surface area contributed by atoms with E-state index in [1.807, 2.05) is 78.5 Å². The number of hydrogen-bond donors (Lipinski definition) is 0. The Balaban J connectivity index is 1.78. The standard InChI is InChI=1S/C23H22N2O2/c1-17-10-11-20-19(16-17)23(22(27)24(20)2,25-14-6-7-15-25)13-12-21(26)18-8-4-3-5-9-18/h3-11,14-16H,12-13H2,1-2H3/t23-/m1/s1. The third kappa shape index (κ3) is 2.69. The van der Waals surface area contributed by atoms with Crippen molar-refractivity contribution in [3.8, 4) is 0 Å². The number of Topliss-reactive ketones (excluding diaryl/α,β-unsaturated/α-hetero) is 1. The molecule has 1 aliphatic rings. The second-order valence-electron chi connectivity index (χ2n) is 7.12. The number of amides is 1. The van der Waals surface area contributed by atoms with Crippen molar-refractivity contribution >= 4 is 17.4 Å². The second kappa shape index (κ2) is 6.54. The van der Waals surface area contributed by atoms with Gasteiger partial charge in [0.1, 0.15) is 0 Å². The van der Waals surface area contributed by atoms with Crippen LogP contribution < -0.4 is 4.90 Å². The summed E-state index contributed by atoms with van der Waals surface area (Å²) in [5.74, 6) is 0.0545. The van der Waals surface area contributed by atoms with E-state index < -0.39 is 5.54 Å². The lowest BCUT2D eigenvalue weighted by Crippen LogP contribution is -2.44. The van der Waals surface area contributed by atoms with Gasteiger partial charge in [-0.2, -0.15) is 0 Å². The topological polar surface area (TPSA) is 42.3 Å². The maximum absolute atomic E-state index is 13.4. The van der Waals surface area contributed by atoms with Gasteiger partial charge in [-0.1, -0.05) is 48.0 Å². The molecule has 0 aliphatic carbocycles. The number of carbonyl (C=O) groups is 2. The highest BCUT2D eigenvalue weighted by atomic mass is 16.2. The molecule has 0 saturated heterocycles. The Morgan fingerprint density at radius 1 is 1.00 bits per heavy atom. The zero-order valence-corrected chi connectivity index (χ0v) is 15.6. The van der Waals surface area contributed by atoms with Gasteiger partial charge in [0.25, 0.3) is 5.91 Å². The van der Waals surface area contributed by atoms with Gasteiger partial charge in [0.05, 0.1) is 0 Å². The van der Waals surface area contributed by atoms with Crippen molar-refractivity contribution in [2.45, 2.75) is 25.3 Å². The summed E-state index contributed by atoms with van der Waals surface area (Å²) in [6.07, 6.45) is 4.55. The minimum Gasteiger partial charge on any atom is -0.335 e. The molecule has 1 amide bonds. The Labute approximate surface area is 159 Å². The lowest BCUT2D eigenvalue weighted by Gasteiger charge is -2.30. The van der Waals surface area contributed by atoms with Crippen LogP contribution in [0.25, 0.3) is 0 Å². The first-order valence-corrected chi connectivity index (χ1v) is 9.15. The summed E-state index contributed by atoms with van der Waals surface area (Å²) in [6, 6.07) is 19.2. The molecule has 2 heterocycles. The molecule has 0 radical (unpaired) electrons. The zero-order chi connectivity index (χ0) is 19.0. The van der Waals surface area contributed by atoms with E-state index in [9.17, 15) is 9.59 Å². The van der Waals surface area contributed by atoms with Gasteiger partial charge in [0, 0.05) is 42.7 Å². The van der Waals surface area contributed by atoms with Crippen molar-refractivity contribution in [2.24, 2.45) is 0 Å². The number of aromatic nitrogens is 1. The first-order valence-electron chi connectivity index (χ1n) is 9.15. The van der Waals surface area contributed by atoms with Gasteiger partial charge in [-0.05, 0) is 31.5 Å². The van der Waals surface area contributed by atoms with Crippen molar-refractivity contribution in [1.82, 2.24) is 4.57 Å². The Bertz CT molecular complexity index is 992. The Morgan fingerprint density at radius 3 is 2.41 bits per heavy atom. The van der Waals surface area contributed by atoms with E-state index in [0.29, 0.717) is 18.4 Å². The molecule has 0 unspecified atom stereocenters. The summed E-state index contributed by atoms with van der Waals surface area (Å²) in [6.45, 7) is 2.03. The fraction of sp³-hybridized carbons (Fsp3) is 0.217. The molecule has 0 saturated carbocycles. The number of hydrogen-bond acceptors (Lipinski definition) is 2. The molecule has 4 nitrogen and oxygen atoms in total. The molecule has 0 fully saturated rings. The average molecular weight is 358 g/mol. The van der Waals surface area contributed by atoms with Gasteiger partial charge >= 0.3 is 0 Å². The Hall–Kier alpha value is -3.14. The van der Waals surface area contributed by atoms with Crippen LogP contribution in [0, 0.1) is 6.92 Å². The molecule has 4 rings (SSSR count). The van der Waals surface area contributed by atoms with Crippen molar-refractivity contribution < 1.29 is 9.59 Å². The predicted molar refractivity (Wildman–Crippen MR) is 106 cm³/mol. The first-order chi connectivity index (χ1) is 13.0. The number of nitrogens with zero attached hydrogens (tertiary/aromatic N) is 2. The quantitative estimate of drug-likeness (QED) is 0.642. The number of anilines is 1. The molecule has 136 valence electrons. The Kier molecular flexibility index (Phi) is 4.19. The fourth-order valence-electron chi connectivity index (χ4n) is 4.05. The Morgan fingerprint density at radius 2 is 1.70 bits per heavy atom. The number of benzene rings is 2. The number of aryl methyl sites for hydroxylation is 1. The highest BCUT2D eigenvalue weighted by molar-refractivity contribution is 6.08. The molecule has 2 aromatic carbocycles. The van der Waals surface area contributed by atoms with E-state index in [1.165, 1.54) is 0 Å². The number of ketones is 1. The predicted octanol–water partition coefficient (Wildman–Crippen LogP) is 4.18. The van der Waals surface area contributed by atoms with Gasteiger partial charge in [0.2, 0.25) is 0 Å². The van der Waals surface area contributed by atoms with E-state index in [2.05, 4.69) is 6.07 Å². The van der Waals surface area contributed by atoms with Crippen LogP contribution in [0.5, 0.6) is 0 Å². The number of likely N-dealkylation sites (N-methyl/N-ethyl adjacent to an activating group) is 1. The van der Waals surface area contributed by atoms with Gasteiger partial charge in [-0.15, -0.1) is 0 Å². The van der Waals surface area contributed by atoms with Gasteiger partial charge in [0.15, 0.2) is 11.3 Å². The molecule has 3 aromatic rings. The summed E-state index contributed by atoms with van der Waals surface area (Å²) >= 11 is 0. The first kappa shape index (κ1) is 17.3. The summed E-state index contributed by atoms with van der Waals surface area (Å²) in [5, 5.41) is 0. The summed E-state index contributed by atoms with van der Waals surface area (Å²) in [5.41, 5.74) is 2.77. The van der Waals surface area contributed by atoms with E-state index in [1.54, 1.807) is 11.9 Å².